The summed E-state index contributed by atoms with van der Waals surface area (Å²) in [6.45, 7) is 4.05. The molecule has 0 bridgehead atoms. The van der Waals surface area contributed by atoms with Crippen molar-refractivity contribution in [2.75, 3.05) is 18.0 Å². The zero-order valence-electron chi connectivity index (χ0n) is 13.1. The summed E-state index contributed by atoms with van der Waals surface area (Å²) < 4.78 is 12.9. The Morgan fingerprint density at radius 2 is 1.91 bits per heavy atom. The number of carbonyl (C=O) groups is 1. The molecule has 1 fully saturated rings. The summed E-state index contributed by atoms with van der Waals surface area (Å²) in [4.78, 5) is 23.2. The van der Waals surface area contributed by atoms with Crippen molar-refractivity contribution in [2.24, 2.45) is 0 Å². The first-order chi connectivity index (χ1) is 11.1. The Labute approximate surface area is 134 Å². The summed E-state index contributed by atoms with van der Waals surface area (Å²) in [5.74, 6) is 0.0801. The first-order valence-electron chi connectivity index (χ1n) is 7.75. The molecule has 1 aliphatic rings. The Bertz CT molecular complexity index is 696. The fourth-order valence-corrected chi connectivity index (χ4v) is 2.60. The molecule has 0 spiro atoms. The lowest BCUT2D eigenvalue weighted by Crippen LogP contribution is -2.26. The van der Waals surface area contributed by atoms with Crippen LogP contribution in [0.4, 0.5) is 10.3 Å². The number of nitrogens with one attached hydrogen (secondary N) is 1. The van der Waals surface area contributed by atoms with Crippen molar-refractivity contribution in [1.29, 1.82) is 0 Å². The van der Waals surface area contributed by atoms with Gasteiger partial charge in [-0.2, -0.15) is 0 Å². The van der Waals surface area contributed by atoms with Crippen LogP contribution in [0.1, 0.15) is 34.6 Å². The van der Waals surface area contributed by atoms with E-state index >= 15 is 0 Å². The molecule has 23 heavy (non-hydrogen) atoms. The molecule has 6 heteroatoms. The molecule has 1 aliphatic heterocycles. The van der Waals surface area contributed by atoms with Crippen LogP contribution in [-0.4, -0.2) is 29.0 Å². The van der Waals surface area contributed by atoms with Crippen molar-refractivity contribution >= 4 is 11.9 Å². The van der Waals surface area contributed by atoms with Gasteiger partial charge < -0.3 is 10.2 Å². The molecule has 1 amide bonds. The highest BCUT2D eigenvalue weighted by Gasteiger charge is 2.18. The lowest BCUT2D eigenvalue weighted by molar-refractivity contribution is 0.0945. The Morgan fingerprint density at radius 1 is 1.22 bits per heavy atom. The zero-order chi connectivity index (χ0) is 16.2. The first kappa shape index (κ1) is 15.4. The highest BCUT2D eigenvalue weighted by molar-refractivity contribution is 5.92. The molecule has 0 unspecified atom stereocenters. The van der Waals surface area contributed by atoms with Crippen LogP contribution < -0.4 is 10.2 Å². The highest BCUT2D eigenvalue weighted by Crippen LogP contribution is 2.16. The van der Waals surface area contributed by atoms with Gasteiger partial charge in [-0.15, -0.1) is 0 Å². The van der Waals surface area contributed by atoms with Crippen LogP contribution in [0.3, 0.4) is 0 Å². The third-order valence-electron chi connectivity index (χ3n) is 3.83. The van der Waals surface area contributed by atoms with Gasteiger partial charge in [-0.25, -0.2) is 14.4 Å². The number of hydrogen-bond donors (Lipinski definition) is 1. The third-order valence-corrected chi connectivity index (χ3v) is 3.83. The molecule has 120 valence electrons. The van der Waals surface area contributed by atoms with Gasteiger partial charge in [-0.05, 0) is 43.5 Å². The summed E-state index contributed by atoms with van der Waals surface area (Å²) in [5, 5.41) is 2.81. The Balaban J connectivity index is 1.70. The molecule has 0 saturated carbocycles. The van der Waals surface area contributed by atoms with E-state index in [0.717, 1.165) is 37.2 Å². The van der Waals surface area contributed by atoms with E-state index in [4.69, 9.17) is 0 Å². The molecule has 1 aromatic heterocycles. The number of amides is 1. The maximum Gasteiger partial charge on any atom is 0.270 e. The second kappa shape index (κ2) is 6.73. The average molecular weight is 314 g/mol. The summed E-state index contributed by atoms with van der Waals surface area (Å²) in [5.41, 5.74) is 1.97. The average Bonchev–Trinajstić information content (AvgIpc) is 3.08. The van der Waals surface area contributed by atoms with Gasteiger partial charge in [0.1, 0.15) is 11.5 Å². The van der Waals surface area contributed by atoms with Gasteiger partial charge >= 0.3 is 0 Å². The molecular weight excluding hydrogens is 295 g/mol. The number of hydrogen-bond acceptors (Lipinski definition) is 4. The molecule has 1 aromatic carbocycles. The lowest BCUT2D eigenvalue weighted by atomic mass is 10.2. The van der Waals surface area contributed by atoms with Crippen LogP contribution in [0.25, 0.3) is 0 Å². The fourth-order valence-electron chi connectivity index (χ4n) is 2.60. The number of aryl methyl sites for hydroxylation is 1. The lowest BCUT2D eigenvalue weighted by Gasteiger charge is -2.16. The van der Waals surface area contributed by atoms with E-state index in [2.05, 4.69) is 20.2 Å². The molecule has 3 rings (SSSR count). The van der Waals surface area contributed by atoms with Gasteiger partial charge in [0.05, 0.1) is 0 Å². The van der Waals surface area contributed by atoms with Gasteiger partial charge in [-0.1, -0.05) is 12.1 Å². The minimum Gasteiger partial charge on any atom is -0.347 e. The van der Waals surface area contributed by atoms with Gasteiger partial charge in [0, 0.05) is 25.3 Å². The van der Waals surface area contributed by atoms with Crippen molar-refractivity contribution in [3.05, 3.63) is 53.1 Å². The Kier molecular flexibility index (Phi) is 4.50. The number of nitrogens with zero attached hydrogens (tertiary/aromatic N) is 3. The van der Waals surface area contributed by atoms with Crippen molar-refractivity contribution in [2.45, 2.75) is 26.3 Å². The number of benzene rings is 1. The molecule has 5 nitrogen and oxygen atoms in total. The number of carbonyl (C=O) groups excluding carboxylic acids is 1. The van der Waals surface area contributed by atoms with E-state index in [1.54, 1.807) is 18.2 Å². The maximum atomic E-state index is 12.9. The molecule has 1 saturated heterocycles. The van der Waals surface area contributed by atoms with Crippen molar-refractivity contribution < 1.29 is 9.18 Å². The summed E-state index contributed by atoms with van der Waals surface area (Å²) in [7, 11) is 0. The molecule has 0 radical (unpaired) electrons. The molecule has 1 N–H and O–H groups in total. The van der Waals surface area contributed by atoms with E-state index in [9.17, 15) is 9.18 Å². The van der Waals surface area contributed by atoms with Crippen LogP contribution in [0.2, 0.25) is 0 Å². The smallest absolute Gasteiger partial charge is 0.270 e. The van der Waals surface area contributed by atoms with Crippen LogP contribution in [0, 0.1) is 12.7 Å². The number of rotatable bonds is 4. The van der Waals surface area contributed by atoms with Crippen molar-refractivity contribution in [3.63, 3.8) is 0 Å². The van der Waals surface area contributed by atoms with E-state index in [1.165, 1.54) is 12.1 Å². The topological polar surface area (TPSA) is 58.1 Å². The van der Waals surface area contributed by atoms with Crippen LogP contribution in [0.5, 0.6) is 0 Å². The molecule has 0 atom stereocenters. The summed E-state index contributed by atoms with van der Waals surface area (Å²) in [6, 6.07) is 7.73. The fraction of sp³-hybridized carbons (Fsp3) is 0.353. The van der Waals surface area contributed by atoms with Crippen molar-refractivity contribution in [1.82, 2.24) is 15.3 Å². The molecule has 2 heterocycles. The Hall–Kier alpha value is -2.50. The van der Waals surface area contributed by atoms with Gasteiger partial charge in [0.2, 0.25) is 5.95 Å². The van der Waals surface area contributed by atoms with Gasteiger partial charge in [0.15, 0.2) is 0 Å². The Morgan fingerprint density at radius 3 is 2.61 bits per heavy atom. The summed E-state index contributed by atoms with van der Waals surface area (Å²) >= 11 is 0. The predicted octanol–water partition coefficient (Wildman–Crippen LogP) is 2.45. The van der Waals surface area contributed by atoms with E-state index in [-0.39, 0.29) is 11.7 Å². The maximum absolute atomic E-state index is 12.9. The normalized spacial score (nSPS) is 14.1. The monoisotopic (exact) mass is 314 g/mol. The minimum atomic E-state index is -0.290. The van der Waals surface area contributed by atoms with E-state index in [0.29, 0.717) is 18.2 Å². The standard InChI is InChI=1S/C17H19FN4O/c1-12-10-15(21-17(20-12)22-8-2-3-9-22)16(23)19-11-13-4-6-14(18)7-5-13/h4-7,10H,2-3,8-9,11H2,1H3,(H,19,23). The van der Waals surface area contributed by atoms with E-state index < -0.39 is 0 Å². The molecule has 2 aromatic rings. The second-order valence-corrected chi connectivity index (χ2v) is 5.70. The summed E-state index contributed by atoms with van der Waals surface area (Å²) in [6.07, 6.45) is 2.26. The van der Waals surface area contributed by atoms with Gasteiger partial charge in [0.25, 0.3) is 5.91 Å². The molecular formula is C17H19FN4O. The van der Waals surface area contributed by atoms with E-state index in [1.807, 2.05) is 6.92 Å². The SMILES string of the molecule is Cc1cc(C(=O)NCc2ccc(F)cc2)nc(N2CCCC2)n1. The highest BCUT2D eigenvalue weighted by atomic mass is 19.1. The predicted molar refractivity (Wildman–Crippen MR) is 85.8 cm³/mol. The number of halogens is 1. The van der Waals surface area contributed by atoms with Crippen LogP contribution in [-0.2, 0) is 6.54 Å². The second-order valence-electron chi connectivity index (χ2n) is 5.70. The van der Waals surface area contributed by atoms with Crippen molar-refractivity contribution in [3.8, 4) is 0 Å². The zero-order valence-corrected chi connectivity index (χ0v) is 13.1. The van der Waals surface area contributed by atoms with Crippen LogP contribution in [0.15, 0.2) is 30.3 Å². The number of anilines is 1. The van der Waals surface area contributed by atoms with Crippen LogP contribution >= 0.6 is 0 Å². The third kappa shape index (κ3) is 3.83. The number of aromatic nitrogens is 2. The van der Waals surface area contributed by atoms with Gasteiger partial charge in [-0.3, -0.25) is 4.79 Å². The molecule has 0 aliphatic carbocycles. The first-order valence-corrected chi connectivity index (χ1v) is 7.75. The quantitative estimate of drug-likeness (QED) is 0.942. The minimum absolute atomic E-state index is 0.250. The largest absolute Gasteiger partial charge is 0.347 e.